The number of Topliss-reactive ketones (excluding diaryl/α,β-unsaturated/α-hetero) is 2. The van der Waals surface area contributed by atoms with E-state index in [-0.39, 0.29) is 42.3 Å². The average molecular weight is 491 g/mol. The Balaban J connectivity index is 1.29. The molecule has 1 atom stereocenters. The molecule has 0 spiro atoms. The molecule has 2 aromatic rings. The molecule has 1 fully saturated rings. The first-order chi connectivity index (χ1) is 17.1. The summed E-state index contributed by atoms with van der Waals surface area (Å²) in [6.07, 6.45) is 2.01. The van der Waals surface area contributed by atoms with Crippen LogP contribution in [0, 0.1) is 5.41 Å². The van der Waals surface area contributed by atoms with Crippen LogP contribution in [0.3, 0.4) is 0 Å². The Bertz CT molecular complexity index is 1220. The standard InChI is InChI=1S/C28H30N2O6/c1-28(2)13-24(31)21(25(32)14-28)10-11-29-15-23(26(33)34)30-27(35)36-16-18-7-5-9-20-19-8-4-3-6-17(19)12-22(18)20/h3-10,23,29H,11-16H2,1-2H3,(H,30,35)(H,33,34)/t23-/m0/s1. The molecular weight excluding hydrogens is 460 g/mol. The number of carbonyl (C=O) groups is 4. The molecule has 188 valence electrons. The third kappa shape index (κ3) is 5.71. The fourth-order valence-electron chi connectivity index (χ4n) is 4.79. The first-order valence-corrected chi connectivity index (χ1v) is 12.0. The van der Waals surface area contributed by atoms with Gasteiger partial charge in [0, 0.05) is 25.9 Å². The highest BCUT2D eigenvalue weighted by molar-refractivity contribution is 6.22. The van der Waals surface area contributed by atoms with E-state index in [0.29, 0.717) is 12.8 Å². The molecule has 36 heavy (non-hydrogen) atoms. The normalized spacial score (nSPS) is 16.7. The first kappa shape index (κ1) is 25.3. The lowest BCUT2D eigenvalue weighted by Crippen LogP contribution is -2.47. The molecule has 3 N–H and O–H groups in total. The van der Waals surface area contributed by atoms with Crippen LogP contribution >= 0.6 is 0 Å². The molecule has 2 aromatic carbocycles. The van der Waals surface area contributed by atoms with Crippen LogP contribution in [0.2, 0.25) is 0 Å². The molecule has 8 nitrogen and oxygen atoms in total. The van der Waals surface area contributed by atoms with Crippen LogP contribution in [-0.4, -0.2) is 47.9 Å². The molecule has 4 rings (SSSR count). The number of benzene rings is 2. The quantitative estimate of drug-likeness (QED) is 0.251. The second-order valence-electron chi connectivity index (χ2n) is 10.0. The Hall–Kier alpha value is -3.78. The second kappa shape index (κ2) is 10.5. The van der Waals surface area contributed by atoms with Gasteiger partial charge in [0.25, 0.3) is 0 Å². The lowest BCUT2D eigenvalue weighted by atomic mass is 9.74. The summed E-state index contributed by atoms with van der Waals surface area (Å²) in [4.78, 5) is 48.5. The van der Waals surface area contributed by atoms with Gasteiger partial charge in [-0.05, 0) is 39.7 Å². The van der Waals surface area contributed by atoms with Gasteiger partial charge in [-0.25, -0.2) is 9.59 Å². The van der Waals surface area contributed by atoms with Crippen LogP contribution in [0.15, 0.2) is 54.1 Å². The van der Waals surface area contributed by atoms with Crippen molar-refractivity contribution in [2.45, 2.75) is 45.8 Å². The Morgan fingerprint density at radius 3 is 2.47 bits per heavy atom. The van der Waals surface area contributed by atoms with Gasteiger partial charge in [-0.2, -0.15) is 0 Å². The zero-order valence-electron chi connectivity index (χ0n) is 20.4. The number of hydrogen-bond acceptors (Lipinski definition) is 6. The lowest BCUT2D eigenvalue weighted by Gasteiger charge is -2.28. The van der Waals surface area contributed by atoms with E-state index in [2.05, 4.69) is 22.8 Å². The number of amides is 1. The number of carbonyl (C=O) groups excluding carboxylic acids is 3. The highest BCUT2D eigenvalue weighted by Gasteiger charge is 2.35. The van der Waals surface area contributed by atoms with Crippen molar-refractivity contribution in [2.24, 2.45) is 5.41 Å². The maximum atomic E-state index is 12.4. The minimum Gasteiger partial charge on any atom is -0.480 e. The smallest absolute Gasteiger partial charge is 0.408 e. The number of allylic oxidation sites excluding steroid dienone is 1. The van der Waals surface area contributed by atoms with Gasteiger partial charge in [0.05, 0.1) is 5.57 Å². The summed E-state index contributed by atoms with van der Waals surface area (Å²) >= 11 is 0. The van der Waals surface area contributed by atoms with Gasteiger partial charge in [-0.1, -0.05) is 62.4 Å². The van der Waals surface area contributed by atoms with Crippen molar-refractivity contribution in [3.63, 3.8) is 0 Å². The summed E-state index contributed by atoms with van der Waals surface area (Å²) in [6, 6.07) is 12.8. The van der Waals surface area contributed by atoms with Crippen molar-refractivity contribution >= 4 is 23.6 Å². The molecule has 0 radical (unpaired) electrons. The Labute approximate surface area is 209 Å². The summed E-state index contributed by atoms with van der Waals surface area (Å²) in [5.74, 6) is -1.63. The molecule has 0 aromatic heterocycles. The largest absolute Gasteiger partial charge is 0.480 e. The highest BCUT2D eigenvalue weighted by Crippen LogP contribution is 2.38. The number of carboxylic acids is 1. The number of aliphatic carboxylic acids is 1. The van der Waals surface area contributed by atoms with Crippen molar-refractivity contribution in [2.75, 3.05) is 13.1 Å². The van der Waals surface area contributed by atoms with Gasteiger partial charge in [-0.15, -0.1) is 0 Å². The molecule has 0 unspecified atom stereocenters. The molecule has 1 saturated carbocycles. The van der Waals surface area contributed by atoms with Gasteiger partial charge in [0.15, 0.2) is 11.6 Å². The topological polar surface area (TPSA) is 122 Å². The van der Waals surface area contributed by atoms with Crippen molar-refractivity contribution in [3.05, 3.63) is 70.8 Å². The van der Waals surface area contributed by atoms with E-state index in [4.69, 9.17) is 4.74 Å². The number of carboxylic acid groups (broad SMARTS) is 1. The van der Waals surface area contributed by atoms with Crippen molar-refractivity contribution in [1.29, 1.82) is 0 Å². The maximum Gasteiger partial charge on any atom is 0.408 e. The Morgan fingerprint density at radius 2 is 1.75 bits per heavy atom. The minimum atomic E-state index is -1.24. The monoisotopic (exact) mass is 490 g/mol. The number of hydrogen-bond donors (Lipinski definition) is 3. The van der Waals surface area contributed by atoms with Crippen molar-refractivity contribution in [3.8, 4) is 11.1 Å². The van der Waals surface area contributed by atoms with Gasteiger partial charge >= 0.3 is 12.1 Å². The third-order valence-electron chi connectivity index (χ3n) is 6.57. The van der Waals surface area contributed by atoms with E-state index >= 15 is 0 Å². The highest BCUT2D eigenvalue weighted by atomic mass is 16.5. The molecule has 0 aliphatic heterocycles. The number of alkyl carbamates (subject to hydrolysis) is 1. The molecule has 0 heterocycles. The number of ketones is 2. The average Bonchev–Trinajstić information content (AvgIpc) is 3.19. The fraction of sp³-hybridized carbons (Fsp3) is 0.357. The summed E-state index contributed by atoms with van der Waals surface area (Å²) in [5, 5.41) is 14.7. The van der Waals surface area contributed by atoms with E-state index in [0.717, 1.165) is 23.1 Å². The van der Waals surface area contributed by atoms with Gasteiger partial charge in [0.1, 0.15) is 12.6 Å². The molecule has 1 amide bonds. The van der Waals surface area contributed by atoms with Gasteiger partial charge in [0.2, 0.25) is 0 Å². The fourth-order valence-corrected chi connectivity index (χ4v) is 4.79. The SMILES string of the molecule is CC1(C)CC(=O)C(=CCNC[C@H](NC(=O)OCc2cccc3c2Cc2ccccc2-3)C(=O)O)C(=O)C1. The van der Waals surface area contributed by atoms with Crippen LogP contribution in [-0.2, 0) is 32.1 Å². The summed E-state index contributed by atoms with van der Waals surface area (Å²) < 4.78 is 5.34. The zero-order valence-corrected chi connectivity index (χ0v) is 20.4. The zero-order chi connectivity index (χ0) is 25.9. The maximum absolute atomic E-state index is 12.4. The molecule has 2 aliphatic rings. The van der Waals surface area contributed by atoms with E-state index < -0.39 is 18.1 Å². The summed E-state index contributed by atoms with van der Waals surface area (Å²) in [6.45, 7) is 3.81. The van der Waals surface area contributed by atoms with Crippen LogP contribution in [0.25, 0.3) is 11.1 Å². The predicted molar refractivity (Wildman–Crippen MR) is 133 cm³/mol. The molecular formula is C28H30N2O6. The third-order valence-corrected chi connectivity index (χ3v) is 6.57. The van der Waals surface area contributed by atoms with Gasteiger partial charge < -0.3 is 20.5 Å². The lowest BCUT2D eigenvalue weighted by molar-refractivity contribution is -0.139. The Kier molecular flexibility index (Phi) is 7.35. The van der Waals surface area contributed by atoms with Crippen LogP contribution in [0.1, 0.15) is 43.4 Å². The van der Waals surface area contributed by atoms with Crippen molar-refractivity contribution in [1.82, 2.24) is 10.6 Å². The predicted octanol–water partition coefficient (Wildman–Crippen LogP) is 3.41. The summed E-state index contributed by atoms with van der Waals surface area (Å²) in [5.41, 5.74) is 5.29. The number of rotatable bonds is 8. The molecule has 0 saturated heterocycles. The van der Waals surface area contributed by atoms with E-state index in [9.17, 15) is 24.3 Å². The first-order valence-electron chi connectivity index (χ1n) is 12.0. The number of ether oxygens (including phenoxy) is 1. The van der Waals surface area contributed by atoms with Crippen molar-refractivity contribution < 1.29 is 29.0 Å². The van der Waals surface area contributed by atoms with Gasteiger partial charge in [-0.3, -0.25) is 9.59 Å². The second-order valence-corrected chi connectivity index (χ2v) is 10.0. The van der Waals surface area contributed by atoms with E-state index in [1.807, 2.05) is 44.2 Å². The number of fused-ring (bicyclic) bond motifs is 3. The van der Waals surface area contributed by atoms with Crippen LogP contribution in [0.4, 0.5) is 4.79 Å². The van der Waals surface area contributed by atoms with Crippen LogP contribution in [0.5, 0.6) is 0 Å². The number of nitrogens with one attached hydrogen (secondary N) is 2. The minimum absolute atomic E-state index is 0.0232. The van der Waals surface area contributed by atoms with E-state index in [1.165, 1.54) is 17.2 Å². The molecule has 2 aliphatic carbocycles. The van der Waals surface area contributed by atoms with Crippen LogP contribution < -0.4 is 10.6 Å². The molecule has 8 heteroatoms. The Morgan fingerprint density at radius 1 is 1.06 bits per heavy atom. The summed E-state index contributed by atoms with van der Waals surface area (Å²) in [7, 11) is 0. The van der Waals surface area contributed by atoms with E-state index in [1.54, 1.807) is 0 Å². The molecule has 0 bridgehead atoms.